The topological polar surface area (TPSA) is 35.8 Å². The highest BCUT2D eigenvalue weighted by Gasteiger charge is 2.33. The summed E-state index contributed by atoms with van der Waals surface area (Å²) >= 11 is 3.15. The molecular weight excluding hydrogens is 307 g/mol. The molecule has 0 atom stereocenters. The van der Waals surface area contributed by atoms with Crippen molar-refractivity contribution in [2.75, 3.05) is 19.7 Å². The molecule has 3 nitrogen and oxygen atoms in total. The summed E-state index contributed by atoms with van der Waals surface area (Å²) < 4.78 is 14.9. The zero-order chi connectivity index (χ0) is 14.4. The van der Waals surface area contributed by atoms with Crippen molar-refractivity contribution >= 4 is 44.0 Å². The van der Waals surface area contributed by atoms with Crippen LogP contribution in [0.2, 0.25) is 0 Å². The number of hydrogen-bond donors (Lipinski definition) is 1. The second-order valence-electron chi connectivity index (χ2n) is 4.95. The number of aliphatic hydroxyl groups is 1. The maximum Gasteiger partial charge on any atom is 0.168 e. The zero-order valence-corrected chi connectivity index (χ0v) is 12.8. The van der Waals surface area contributed by atoms with Gasteiger partial charge in [0.2, 0.25) is 0 Å². The molecule has 0 aliphatic carbocycles. The molecule has 2 aliphatic rings. The average molecular weight is 320 g/mol. The van der Waals surface area contributed by atoms with Crippen LogP contribution in [0.5, 0.6) is 0 Å². The van der Waals surface area contributed by atoms with E-state index in [0.717, 1.165) is 44.5 Å². The fourth-order valence-corrected chi connectivity index (χ4v) is 4.85. The van der Waals surface area contributed by atoms with E-state index in [1.165, 1.54) is 0 Å². The van der Waals surface area contributed by atoms with E-state index in [4.69, 9.17) is 0 Å². The standard InChI is InChI=1S/C15H13FN2OS2/c16-9-7-11(10-2-6-20-13(10)8-9)14-12(1-5-19)21-15-17-3-4-18(14)15/h2,6-8,19H,1,3-5H2. The van der Waals surface area contributed by atoms with Gasteiger partial charge in [-0.15, -0.1) is 11.3 Å². The highest BCUT2D eigenvalue weighted by molar-refractivity contribution is 8.17. The summed E-state index contributed by atoms with van der Waals surface area (Å²) in [6, 6.07) is 5.22. The summed E-state index contributed by atoms with van der Waals surface area (Å²) in [6.07, 6.45) is 0.581. The van der Waals surface area contributed by atoms with E-state index < -0.39 is 0 Å². The van der Waals surface area contributed by atoms with Gasteiger partial charge in [0.15, 0.2) is 5.17 Å². The third-order valence-corrected chi connectivity index (χ3v) is 5.72. The zero-order valence-electron chi connectivity index (χ0n) is 11.2. The van der Waals surface area contributed by atoms with Gasteiger partial charge in [-0.05, 0) is 23.6 Å². The summed E-state index contributed by atoms with van der Waals surface area (Å²) in [7, 11) is 0. The molecule has 2 aromatic rings. The van der Waals surface area contributed by atoms with Crippen LogP contribution in [0.25, 0.3) is 15.8 Å². The van der Waals surface area contributed by atoms with E-state index in [-0.39, 0.29) is 12.4 Å². The molecule has 0 spiro atoms. The number of hydrogen-bond acceptors (Lipinski definition) is 5. The maximum atomic E-state index is 14.0. The van der Waals surface area contributed by atoms with Gasteiger partial charge in [0, 0.05) is 40.1 Å². The summed E-state index contributed by atoms with van der Waals surface area (Å²) in [6.45, 7) is 1.70. The molecule has 2 aliphatic heterocycles. The number of aliphatic hydroxyl groups excluding tert-OH is 1. The molecule has 0 radical (unpaired) electrons. The Bertz CT molecular complexity index is 781. The lowest BCUT2D eigenvalue weighted by Crippen LogP contribution is -2.20. The molecule has 0 unspecified atom stereocenters. The molecule has 0 fully saturated rings. The lowest BCUT2D eigenvalue weighted by molar-refractivity contribution is 0.301. The number of amidine groups is 1. The largest absolute Gasteiger partial charge is 0.396 e. The summed E-state index contributed by atoms with van der Waals surface area (Å²) in [5.74, 6) is -0.217. The monoisotopic (exact) mass is 320 g/mol. The minimum Gasteiger partial charge on any atom is -0.396 e. The van der Waals surface area contributed by atoms with Crippen LogP contribution < -0.4 is 0 Å². The number of benzene rings is 1. The van der Waals surface area contributed by atoms with Gasteiger partial charge in [-0.1, -0.05) is 11.8 Å². The molecule has 0 bridgehead atoms. The molecule has 4 rings (SSSR count). The van der Waals surface area contributed by atoms with Gasteiger partial charge in [0.1, 0.15) is 5.82 Å². The second kappa shape index (κ2) is 5.12. The van der Waals surface area contributed by atoms with E-state index in [9.17, 15) is 9.50 Å². The molecule has 0 saturated heterocycles. The number of thiophene rings is 1. The molecule has 21 heavy (non-hydrogen) atoms. The van der Waals surface area contributed by atoms with Crippen molar-refractivity contribution in [3.8, 4) is 0 Å². The Labute approximate surface area is 129 Å². The van der Waals surface area contributed by atoms with Gasteiger partial charge in [-0.2, -0.15) is 0 Å². The number of nitrogens with zero attached hydrogens (tertiary/aromatic N) is 2. The smallest absolute Gasteiger partial charge is 0.168 e. The molecule has 1 aromatic heterocycles. The Morgan fingerprint density at radius 1 is 1.38 bits per heavy atom. The van der Waals surface area contributed by atoms with Crippen LogP contribution in [-0.4, -0.2) is 34.9 Å². The average Bonchev–Trinajstić information content (AvgIpc) is 3.12. The Balaban J connectivity index is 1.94. The summed E-state index contributed by atoms with van der Waals surface area (Å²) in [4.78, 5) is 7.72. The quantitative estimate of drug-likeness (QED) is 0.940. The van der Waals surface area contributed by atoms with E-state index >= 15 is 0 Å². The van der Waals surface area contributed by atoms with Crippen LogP contribution in [0.15, 0.2) is 33.5 Å². The van der Waals surface area contributed by atoms with E-state index in [2.05, 4.69) is 9.89 Å². The molecule has 1 aromatic carbocycles. The summed E-state index contributed by atoms with van der Waals surface area (Å²) in [5, 5.41) is 13.3. The Morgan fingerprint density at radius 3 is 3.14 bits per heavy atom. The van der Waals surface area contributed by atoms with Crippen LogP contribution in [-0.2, 0) is 0 Å². The molecule has 0 saturated carbocycles. The molecule has 3 heterocycles. The first-order chi connectivity index (χ1) is 10.3. The second-order valence-corrected chi connectivity index (χ2v) is 6.96. The highest BCUT2D eigenvalue weighted by Crippen LogP contribution is 2.45. The third-order valence-electron chi connectivity index (χ3n) is 3.68. The van der Waals surface area contributed by atoms with E-state index in [1.54, 1.807) is 35.2 Å². The van der Waals surface area contributed by atoms with Gasteiger partial charge >= 0.3 is 0 Å². The maximum absolute atomic E-state index is 14.0. The van der Waals surface area contributed by atoms with Crippen molar-refractivity contribution in [2.45, 2.75) is 6.42 Å². The van der Waals surface area contributed by atoms with Crippen molar-refractivity contribution in [1.82, 2.24) is 4.90 Å². The van der Waals surface area contributed by atoms with Crippen LogP contribution in [0.3, 0.4) is 0 Å². The van der Waals surface area contributed by atoms with Crippen molar-refractivity contribution in [1.29, 1.82) is 0 Å². The fourth-order valence-electron chi connectivity index (χ4n) is 2.83. The predicted molar refractivity (Wildman–Crippen MR) is 87.0 cm³/mol. The molecule has 108 valence electrons. The minimum atomic E-state index is -0.217. The van der Waals surface area contributed by atoms with Crippen molar-refractivity contribution < 1.29 is 9.50 Å². The number of fused-ring (bicyclic) bond motifs is 2. The van der Waals surface area contributed by atoms with Crippen LogP contribution >= 0.6 is 23.1 Å². The van der Waals surface area contributed by atoms with Crippen molar-refractivity contribution in [2.24, 2.45) is 4.99 Å². The van der Waals surface area contributed by atoms with Crippen LogP contribution in [0.4, 0.5) is 4.39 Å². The van der Waals surface area contributed by atoms with Gasteiger partial charge in [-0.25, -0.2) is 4.39 Å². The third kappa shape index (κ3) is 2.09. The summed E-state index contributed by atoms with van der Waals surface area (Å²) in [5.41, 5.74) is 1.93. The number of halogens is 1. The van der Waals surface area contributed by atoms with E-state index in [0.29, 0.717) is 6.42 Å². The highest BCUT2D eigenvalue weighted by atomic mass is 32.2. The van der Waals surface area contributed by atoms with Crippen LogP contribution in [0.1, 0.15) is 12.0 Å². The van der Waals surface area contributed by atoms with Gasteiger partial charge in [-0.3, -0.25) is 4.99 Å². The number of rotatable bonds is 3. The molecule has 6 heteroatoms. The Hall–Kier alpha value is -1.37. The van der Waals surface area contributed by atoms with Crippen LogP contribution in [0, 0.1) is 5.82 Å². The first kappa shape index (κ1) is 13.3. The lowest BCUT2D eigenvalue weighted by Gasteiger charge is -2.18. The lowest BCUT2D eigenvalue weighted by atomic mass is 10.0. The van der Waals surface area contributed by atoms with Crippen molar-refractivity contribution in [3.63, 3.8) is 0 Å². The SMILES string of the molecule is OCCC1=C(c2cc(F)cc3sccc23)N2CCN=C2S1. The first-order valence-corrected chi connectivity index (χ1v) is 8.48. The van der Waals surface area contributed by atoms with Gasteiger partial charge in [0.25, 0.3) is 0 Å². The minimum absolute atomic E-state index is 0.0923. The first-order valence-electron chi connectivity index (χ1n) is 6.79. The molecular formula is C15H13FN2OS2. The van der Waals surface area contributed by atoms with Gasteiger partial charge < -0.3 is 10.0 Å². The van der Waals surface area contributed by atoms with Crippen molar-refractivity contribution in [3.05, 3.63) is 39.9 Å². The van der Waals surface area contributed by atoms with E-state index in [1.807, 2.05) is 11.4 Å². The predicted octanol–water partition coefficient (Wildman–Crippen LogP) is 3.51. The molecule has 1 N–H and O–H groups in total. The normalized spacial score (nSPS) is 17.8. The number of thioether (sulfide) groups is 1. The van der Waals surface area contributed by atoms with Gasteiger partial charge in [0.05, 0.1) is 12.2 Å². The Kier molecular flexibility index (Phi) is 3.24. The Morgan fingerprint density at radius 2 is 2.29 bits per heavy atom. The number of aliphatic imine (C=N–C) groups is 1. The molecule has 0 amide bonds. The fraction of sp³-hybridized carbons (Fsp3) is 0.267.